The Morgan fingerprint density at radius 3 is 2.52 bits per heavy atom. The standard InChI is InChI=1S/C19H32BN3O4/c1-17(2,3)25-16(24)13-22-9-8-15(12-22)23-11-14(10-21-23)20-26-18(4,5)19(6,7)27-20/h10-11,15H,8-9,12-13H2,1-7H3. The number of carbonyl (C=O) groups is 1. The first-order valence-corrected chi connectivity index (χ1v) is 9.70. The number of aromatic nitrogens is 2. The summed E-state index contributed by atoms with van der Waals surface area (Å²) in [7, 11) is -0.400. The predicted octanol–water partition coefficient (Wildman–Crippen LogP) is 1.77. The van der Waals surface area contributed by atoms with Gasteiger partial charge in [0.15, 0.2) is 0 Å². The average molecular weight is 377 g/mol. The van der Waals surface area contributed by atoms with Crippen molar-refractivity contribution < 1.29 is 18.8 Å². The number of rotatable bonds is 4. The van der Waals surface area contributed by atoms with Crippen LogP contribution in [-0.4, -0.2) is 64.2 Å². The first-order valence-electron chi connectivity index (χ1n) is 9.70. The summed E-state index contributed by atoms with van der Waals surface area (Å²) in [5.41, 5.74) is -0.246. The summed E-state index contributed by atoms with van der Waals surface area (Å²) in [5.74, 6) is -0.179. The number of esters is 1. The lowest BCUT2D eigenvalue weighted by atomic mass is 9.82. The van der Waals surface area contributed by atoms with Crippen molar-refractivity contribution in [2.24, 2.45) is 0 Å². The largest absolute Gasteiger partial charge is 0.498 e. The van der Waals surface area contributed by atoms with E-state index in [9.17, 15) is 4.79 Å². The normalized spacial score (nSPS) is 25.1. The minimum atomic E-state index is -0.448. The maximum atomic E-state index is 12.0. The smallest absolute Gasteiger partial charge is 0.459 e. The van der Waals surface area contributed by atoms with Crippen molar-refractivity contribution in [1.29, 1.82) is 0 Å². The van der Waals surface area contributed by atoms with E-state index in [0.29, 0.717) is 6.54 Å². The summed E-state index contributed by atoms with van der Waals surface area (Å²) in [5, 5.41) is 4.53. The molecule has 0 aliphatic carbocycles. The van der Waals surface area contributed by atoms with Gasteiger partial charge in [0.2, 0.25) is 0 Å². The van der Waals surface area contributed by atoms with Gasteiger partial charge in [0.25, 0.3) is 0 Å². The van der Waals surface area contributed by atoms with E-state index >= 15 is 0 Å². The van der Waals surface area contributed by atoms with E-state index in [-0.39, 0.29) is 23.2 Å². The summed E-state index contributed by atoms with van der Waals surface area (Å²) in [6.45, 7) is 15.8. The lowest BCUT2D eigenvalue weighted by molar-refractivity contribution is -0.155. The molecule has 0 N–H and O–H groups in total. The van der Waals surface area contributed by atoms with E-state index in [0.717, 1.165) is 25.0 Å². The Balaban J connectivity index is 1.58. The Bertz CT molecular complexity index is 679. The van der Waals surface area contributed by atoms with Crippen molar-refractivity contribution >= 4 is 18.6 Å². The van der Waals surface area contributed by atoms with Crippen LogP contribution in [0.3, 0.4) is 0 Å². The molecule has 2 aliphatic heterocycles. The molecule has 2 saturated heterocycles. The molecule has 3 rings (SSSR count). The van der Waals surface area contributed by atoms with Gasteiger partial charge in [-0.1, -0.05) is 0 Å². The van der Waals surface area contributed by atoms with Gasteiger partial charge in [-0.2, -0.15) is 5.10 Å². The molecule has 1 unspecified atom stereocenters. The molecule has 0 amide bonds. The van der Waals surface area contributed by atoms with Gasteiger partial charge in [-0.15, -0.1) is 0 Å². The molecule has 0 radical (unpaired) electrons. The van der Waals surface area contributed by atoms with Crippen molar-refractivity contribution in [3.05, 3.63) is 12.4 Å². The van der Waals surface area contributed by atoms with Crippen molar-refractivity contribution in [3.8, 4) is 0 Å². The zero-order valence-corrected chi connectivity index (χ0v) is 17.6. The highest BCUT2D eigenvalue weighted by molar-refractivity contribution is 6.62. The minimum Gasteiger partial charge on any atom is -0.459 e. The summed E-state index contributed by atoms with van der Waals surface area (Å²) >= 11 is 0. The van der Waals surface area contributed by atoms with Crippen LogP contribution in [-0.2, 0) is 18.8 Å². The summed E-state index contributed by atoms with van der Waals surface area (Å²) in [6.07, 6.45) is 4.77. The van der Waals surface area contributed by atoms with Gasteiger partial charge in [0, 0.05) is 30.9 Å². The van der Waals surface area contributed by atoms with Crippen molar-refractivity contribution in [2.75, 3.05) is 19.6 Å². The number of nitrogens with zero attached hydrogens (tertiary/aromatic N) is 3. The first kappa shape index (κ1) is 20.4. The Kier molecular flexibility index (Phi) is 5.20. The van der Waals surface area contributed by atoms with Crippen LogP contribution in [0.4, 0.5) is 0 Å². The Morgan fingerprint density at radius 2 is 1.93 bits per heavy atom. The average Bonchev–Trinajstić information content (AvgIpc) is 3.15. The molecule has 0 bridgehead atoms. The number of hydrogen-bond acceptors (Lipinski definition) is 6. The Morgan fingerprint density at radius 1 is 1.30 bits per heavy atom. The molecule has 7 nitrogen and oxygen atoms in total. The van der Waals surface area contributed by atoms with Crippen LogP contribution in [0.15, 0.2) is 12.4 Å². The molecule has 0 saturated carbocycles. The van der Waals surface area contributed by atoms with Crippen LogP contribution in [0.5, 0.6) is 0 Å². The van der Waals surface area contributed by atoms with Crippen molar-refractivity contribution in [2.45, 2.75) is 77.7 Å². The quantitative estimate of drug-likeness (QED) is 0.589. The fourth-order valence-corrected chi connectivity index (χ4v) is 3.38. The third-order valence-electron chi connectivity index (χ3n) is 5.54. The first-order chi connectivity index (χ1) is 12.4. The third kappa shape index (κ3) is 4.55. The molecule has 1 aromatic heterocycles. The second kappa shape index (κ2) is 6.90. The van der Waals surface area contributed by atoms with Crippen LogP contribution >= 0.6 is 0 Å². The molecule has 3 heterocycles. The van der Waals surface area contributed by atoms with Crippen LogP contribution in [0.2, 0.25) is 0 Å². The molecular weight excluding hydrogens is 345 g/mol. The van der Waals surface area contributed by atoms with Gasteiger partial charge in [0.05, 0.1) is 23.8 Å². The van der Waals surface area contributed by atoms with Crippen molar-refractivity contribution in [1.82, 2.24) is 14.7 Å². The molecule has 27 heavy (non-hydrogen) atoms. The van der Waals surface area contributed by atoms with Crippen LogP contribution in [0.1, 0.15) is 60.9 Å². The van der Waals surface area contributed by atoms with Crippen LogP contribution < -0.4 is 5.46 Å². The number of carbonyl (C=O) groups excluding carboxylic acids is 1. The highest BCUT2D eigenvalue weighted by atomic mass is 16.7. The highest BCUT2D eigenvalue weighted by Gasteiger charge is 2.52. The summed E-state index contributed by atoms with van der Waals surface area (Å²) in [4.78, 5) is 14.2. The molecule has 1 atom stereocenters. The monoisotopic (exact) mass is 377 g/mol. The van der Waals surface area contributed by atoms with Gasteiger partial charge >= 0.3 is 13.1 Å². The van der Waals surface area contributed by atoms with Gasteiger partial charge in [-0.25, -0.2) is 0 Å². The lowest BCUT2D eigenvalue weighted by Crippen LogP contribution is -2.41. The fourth-order valence-electron chi connectivity index (χ4n) is 3.38. The van der Waals surface area contributed by atoms with E-state index < -0.39 is 12.7 Å². The Hall–Kier alpha value is -1.38. The highest BCUT2D eigenvalue weighted by Crippen LogP contribution is 2.36. The van der Waals surface area contributed by atoms with Gasteiger partial charge < -0.3 is 14.0 Å². The third-order valence-corrected chi connectivity index (χ3v) is 5.54. The van der Waals surface area contributed by atoms with Crippen LogP contribution in [0.25, 0.3) is 0 Å². The predicted molar refractivity (Wildman–Crippen MR) is 104 cm³/mol. The number of likely N-dealkylation sites (tertiary alicyclic amines) is 1. The second-order valence-corrected chi connectivity index (χ2v) is 9.61. The van der Waals surface area contributed by atoms with Gasteiger partial charge in [0.1, 0.15) is 5.60 Å². The molecule has 0 spiro atoms. The number of ether oxygens (including phenoxy) is 1. The molecule has 2 fully saturated rings. The molecule has 0 aromatic carbocycles. The molecule has 8 heteroatoms. The van der Waals surface area contributed by atoms with E-state index in [1.807, 2.05) is 65.5 Å². The van der Waals surface area contributed by atoms with E-state index in [2.05, 4.69) is 10.00 Å². The summed E-state index contributed by atoms with van der Waals surface area (Å²) in [6, 6.07) is 0.239. The molecule has 2 aliphatic rings. The van der Waals surface area contributed by atoms with E-state index in [4.69, 9.17) is 14.0 Å². The molecular formula is C19H32BN3O4. The SMILES string of the molecule is CC(C)(C)OC(=O)CN1CCC(n2cc(B3OC(C)(C)C(C)(C)O3)cn2)C1. The molecule has 150 valence electrons. The van der Waals surface area contributed by atoms with Crippen LogP contribution in [0, 0.1) is 0 Å². The summed E-state index contributed by atoms with van der Waals surface area (Å²) < 4.78 is 19.6. The van der Waals surface area contributed by atoms with Crippen molar-refractivity contribution in [3.63, 3.8) is 0 Å². The minimum absolute atomic E-state index is 0.179. The zero-order chi connectivity index (χ0) is 20.0. The topological polar surface area (TPSA) is 65.8 Å². The maximum Gasteiger partial charge on any atom is 0.498 e. The maximum absolute atomic E-state index is 12.0. The Labute approximate surface area is 162 Å². The molecule has 1 aromatic rings. The van der Waals surface area contributed by atoms with Gasteiger partial charge in [-0.05, 0) is 54.9 Å². The number of hydrogen-bond donors (Lipinski definition) is 0. The second-order valence-electron chi connectivity index (χ2n) is 9.61. The lowest BCUT2D eigenvalue weighted by Gasteiger charge is -2.32. The van der Waals surface area contributed by atoms with E-state index in [1.54, 1.807) is 0 Å². The fraction of sp³-hybridized carbons (Fsp3) is 0.789. The van der Waals surface area contributed by atoms with Gasteiger partial charge in [-0.3, -0.25) is 14.4 Å². The zero-order valence-electron chi connectivity index (χ0n) is 17.6. The van der Waals surface area contributed by atoms with E-state index in [1.165, 1.54) is 0 Å².